The molecule has 7 atom stereocenters. The number of methoxy groups -OCH3 is 1. The molecule has 58 heavy (non-hydrogen) atoms. The number of nitrogens with one attached hydrogen (secondary N) is 3. The summed E-state index contributed by atoms with van der Waals surface area (Å²) in [5, 5.41) is 5.95. The molecule has 1 aromatic carbocycles. The third-order valence-electron chi connectivity index (χ3n) is 12.9. The van der Waals surface area contributed by atoms with Crippen LogP contribution in [0.1, 0.15) is 85.0 Å². The van der Waals surface area contributed by atoms with Gasteiger partial charge in [0, 0.05) is 17.7 Å². The Morgan fingerprint density at radius 3 is 2.45 bits per heavy atom. The Morgan fingerprint density at radius 2 is 1.81 bits per heavy atom. The zero-order valence-corrected chi connectivity index (χ0v) is 33.6. The van der Waals surface area contributed by atoms with Gasteiger partial charge in [0.25, 0.3) is 5.91 Å². The second-order valence-electron chi connectivity index (χ2n) is 17.0. The Kier molecular flexibility index (Phi) is 10.8. The number of allylic oxidation sites excluding steroid dienone is 1. The minimum absolute atomic E-state index is 0.0381. The Labute approximate surface area is 334 Å². The van der Waals surface area contributed by atoms with Gasteiger partial charge in [0.05, 0.1) is 30.0 Å². The summed E-state index contributed by atoms with van der Waals surface area (Å²) < 4.78 is 96.3. The lowest BCUT2D eigenvalue weighted by Crippen LogP contribution is -2.60. The summed E-state index contributed by atoms with van der Waals surface area (Å²) in [6.45, 7) is 4.95. The van der Waals surface area contributed by atoms with E-state index >= 15 is 0 Å². The fraction of sp³-hybridized carbons (Fsp3) is 0.625. The standard InChI is InChI=1S/C40H49F4N5O8S/c1-5-23-16-22(2)8-6-7-9-24-19-39(24,36(53)48-58(54,55)37(3)12-13-37)47-32(50)29-18-26(57-33-28-17-25(41)10-11-27(28)30(56-4)20-45-33)21-49(29)34(51)31(23)46-35(52)38(14-15-38)40(42,43)44/h7,9-11,17,20,22-24,26,29,31H,5-6,8,12-16,18-19,21H2,1-4H3,(H,46,52)(H,47,50)(H,48,53)/b9-7-/t22-,23-,24-,26-,29+,31+,39-/m1/s1. The number of fused-ring (bicyclic) bond motifs is 3. The minimum Gasteiger partial charge on any atom is -0.494 e. The molecule has 3 aliphatic carbocycles. The second-order valence-corrected chi connectivity index (χ2v) is 19.2. The number of benzene rings is 1. The molecule has 13 nitrogen and oxygen atoms in total. The Bertz CT molecular complexity index is 2140. The van der Waals surface area contributed by atoms with Gasteiger partial charge in [0.1, 0.15) is 40.7 Å². The highest BCUT2D eigenvalue weighted by molar-refractivity contribution is 7.91. The summed E-state index contributed by atoms with van der Waals surface area (Å²) in [7, 11) is -2.68. The summed E-state index contributed by atoms with van der Waals surface area (Å²) >= 11 is 0. The van der Waals surface area contributed by atoms with Gasteiger partial charge in [-0.05, 0) is 88.3 Å². The normalized spacial score (nSPS) is 31.1. The van der Waals surface area contributed by atoms with Crippen LogP contribution >= 0.6 is 0 Å². The van der Waals surface area contributed by atoms with Crippen molar-refractivity contribution >= 4 is 44.4 Å². The van der Waals surface area contributed by atoms with Crippen molar-refractivity contribution < 1.29 is 54.6 Å². The van der Waals surface area contributed by atoms with Crippen LogP contribution in [-0.2, 0) is 29.2 Å². The van der Waals surface area contributed by atoms with E-state index in [-0.39, 0.29) is 36.6 Å². The van der Waals surface area contributed by atoms with E-state index in [1.54, 1.807) is 13.0 Å². The predicted octanol–water partition coefficient (Wildman–Crippen LogP) is 4.83. The van der Waals surface area contributed by atoms with Crippen LogP contribution in [0.5, 0.6) is 11.6 Å². The summed E-state index contributed by atoms with van der Waals surface area (Å²) in [5.74, 6) is -5.41. The van der Waals surface area contributed by atoms with Gasteiger partial charge in [0.2, 0.25) is 33.6 Å². The molecule has 4 amide bonds. The van der Waals surface area contributed by atoms with E-state index in [1.165, 1.54) is 38.4 Å². The molecule has 5 aliphatic rings. The van der Waals surface area contributed by atoms with Crippen molar-refractivity contribution in [3.05, 3.63) is 42.4 Å². The molecule has 18 heteroatoms. The highest BCUT2D eigenvalue weighted by atomic mass is 32.2. The fourth-order valence-corrected chi connectivity index (χ4v) is 9.75. The summed E-state index contributed by atoms with van der Waals surface area (Å²) in [4.78, 5) is 62.3. The Hall–Kier alpha value is -4.48. The number of rotatable bonds is 9. The lowest BCUT2D eigenvalue weighted by molar-refractivity contribution is -0.193. The summed E-state index contributed by atoms with van der Waals surface area (Å²) in [6.07, 6.45) is 0.742. The highest BCUT2D eigenvalue weighted by Crippen LogP contribution is 2.58. The third-order valence-corrected chi connectivity index (χ3v) is 15.1. The number of aromatic nitrogens is 1. The van der Waals surface area contributed by atoms with Gasteiger partial charge in [0.15, 0.2) is 0 Å². The van der Waals surface area contributed by atoms with E-state index < -0.39 is 104 Å². The second kappa shape index (κ2) is 15.0. The topological polar surface area (TPSA) is 173 Å². The van der Waals surface area contributed by atoms with Crippen LogP contribution in [0.2, 0.25) is 0 Å². The third kappa shape index (κ3) is 7.60. The molecule has 3 N–H and O–H groups in total. The Morgan fingerprint density at radius 1 is 1.09 bits per heavy atom. The lowest BCUT2D eigenvalue weighted by atomic mass is 9.84. The minimum atomic E-state index is -4.84. The van der Waals surface area contributed by atoms with Crippen molar-refractivity contribution in [2.45, 2.75) is 120 Å². The number of carbonyl (C=O) groups is 4. The van der Waals surface area contributed by atoms with Gasteiger partial charge in [-0.15, -0.1) is 0 Å². The number of pyridine rings is 1. The molecular weight excluding hydrogens is 787 g/mol. The molecule has 0 radical (unpaired) electrons. The molecule has 4 fully saturated rings. The first-order valence-corrected chi connectivity index (χ1v) is 21.3. The van der Waals surface area contributed by atoms with Crippen LogP contribution in [0.4, 0.5) is 17.6 Å². The van der Waals surface area contributed by atoms with Crippen LogP contribution < -0.4 is 24.8 Å². The lowest BCUT2D eigenvalue weighted by Gasteiger charge is -2.35. The van der Waals surface area contributed by atoms with Crippen molar-refractivity contribution in [2.75, 3.05) is 13.7 Å². The molecule has 2 aliphatic heterocycles. The first-order chi connectivity index (χ1) is 27.3. The van der Waals surface area contributed by atoms with E-state index in [1.807, 2.05) is 13.0 Å². The van der Waals surface area contributed by atoms with Crippen LogP contribution in [-0.4, -0.2) is 90.2 Å². The van der Waals surface area contributed by atoms with Crippen LogP contribution in [0.25, 0.3) is 10.8 Å². The molecule has 1 saturated heterocycles. The van der Waals surface area contributed by atoms with Crippen molar-refractivity contribution in [1.82, 2.24) is 25.2 Å². The predicted molar refractivity (Wildman–Crippen MR) is 202 cm³/mol. The SMILES string of the molecule is CC[C@@H]1C[C@H](C)CC/C=C\[C@@H]2C[C@@]2(C(=O)NS(=O)(=O)C2(C)CC2)NC(=O)[C@@H]2C[C@@H](Oc3ncc(OC)c4ccc(F)cc34)CN2C(=O)[C@H]1NC(=O)C1(C(F)(F)F)CC1. The van der Waals surface area contributed by atoms with Crippen LogP contribution in [0.15, 0.2) is 36.5 Å². The monoisotopic (exact) mass is 835 g/mol. The number of alkyl halides is 3. The average molecular weight is 836 g/mol. The largest absolute Gasteiger partial charge is 0.494 e. The van der Waals surface area contributed by atoms with Crippen LogP contribution in [0, 0.1) is 29.0 Å². The van der Waals surface area contributed by atoms with Crippen molar-refractivity contribution in [2.24, 2.45) is 23.2 Å². The van der Waals surface area contributed by atoms with Crippen molar-refractivity contribution in [3.63, 3.8) is 0 Å². The summed E-state index contributed by atoms with van der Waals surface area (Å²) in [5.41, 5.74) is -4.30. The van der Waals surface area contributed by atoms with Gasteiger partial charge < -0.3 is 25.0 Å². The molecule has 7 rings (SSSR count). The number of ether oxygens (including phenoxy) is 2. The van der Waals surface area contributed by atoms with Gasteiger partial charge in [-0.2, -0.15) is 13.2 Å². The zero-order chi connectivity index (χ0) is 42.0. The van der Waals surface area contributed by atoms with E-state index in [2.05, 4.69) is 20.3 Å². The van der Waals surface area contributed by atoms with E-state index in [0.717, 1.165) is 4.90 Å². The quantitative estimate of drug-likeness (QED) is 0.236. The number of amides is 4. The molecule has 3 heterocycles. The zero-order valence-electron chi connectivity index (χ0n) is 32.8. The molecular formula is C40H49F4N5O8S. The average Bonchev–Trinajstić information content (AvgIpc) is 4.11. The first kappa shape index (κ1) is 41.7. The highest BCUT2D eigenvalue weighted by Gasteiger charge is 2.69. The molecule has 3 saturated carbocycles. The maximum Gasteiger partial charge on any atom is 0.403 e. The fourth-order valence-electron chi connectivity index (χ4n) is 8.44. The summed E-state index contributed by atoms with van der Waals surface area (Å²) in [6, 6.07) is 1.06. The van der Waals surface area contributed by atoms with Crippen molar-refractivity contribution in [1.29, 1.82) is 0 Å². The maximum absolute atomic E-state index is 14.9. The van der Waals surface area contributed by atoms with Crippen molar-refractivity contribution in [3.8, 4) is 11.6 Å². The van der Waals surface area contributed by atoms with E-state index in [0.29, 0.717) is 49.7 Å². The molecule has 0 bridgehead atoms. The van der Waals surface area contributed by atoms with Gasteiger partial charge >= 0.3 is 6.18 Å². The number of hydrogen-bond donors (Lipinski definition) is 3. The van der Waals surface area contributed by atoms with Gasteiger partial charge in [-0.25, -0.2) is 17.8 Å². The number of sulfonamides is 1. The number of carbonyl (C=O) groups excluding carboxylic acids is 4. The smallest absolute Gasteiger partial charge is 0.403 e. The first-order valence-electron chi connectivity index (χ1n) is 19.8. The van der Waals surface area contributed by atoms with E-state index in [9.17, 15) is 45.2 Å². The number of nitrogens with zero attached hydrogens (tertiary/aromatic N) is 2. The molecule has 0 spiro atoms. The molecule has 0 unspecified atom stereocenters. The molecule has 2 aromatic rings. The van der Waals surface area contributed by atoms with Gasteiger partial charge in [-0.1, -0.05) is 32.4 Å². The molecule has 1 aromatic heterocycles. The van der Waals surface area contributed by atoms with E-state index in [4.69, 9.17) is 9.47 Å². The maximum atomic E-state index is 14.9. The van der Waals surface area contributed by atoms with Gasteiger partial charge in [-0.3, -0.25) is 23.9 Å². The van der Waals surface area contributed by atoms with Crippen LogP contribution in [0.3, 0.4) is 0 Å². The number of hydrogen-bond acceptors (Lipinski definition) is 9. The Balaban J connectivity index is 1.26. The number of halogens is 4. The molecule has 316 valence electrons.